The normalized spacial score (nSPS) is 18.4. The van der Waals surface area contributed by atoms with Gasteiger partial charge in [0.15, 0.2) is 0 Å². The quantitative estimate of drug-likeness (QED) is 0.832. The molecule has 0 aromatic heterocycles. The summed E-state index contributed by atoms with van der Waals surface area (Å²) in [6.07, 6.45) is 0.555. The van der Waals surface area contributed by atoms with Crippen LogP contribution in [0.3, 0.4) is 0 Å². The number of rotatable bonds is 4. The molecule has 2 saturated heterocycles. The molecule has 27 heavy (non-hydrogen) atoms. The zero-order chi connectivity index (χ0) is 18.8. The van der Waals surface area contributed by atoms with Crippen LogP contribution in [0.25, 0.3) is 0 Å². The zero-order valence-corrected chi connectivity index (χ0v) is 15.7. The van der Waals surface area contributed by atoms with Gasteiger partial charge < -0.3 is 9.64 Å². The highest BCUT2D eigenvalue weighted by Gasteiger charge is 2.36. The largest absolute Gasteiger partial charge is 0.379 e. The van der Waals surface area contributed by atoms with Gasteiger partial charge in [0, 0.05) is 37.8 Å². The minimum atomic E-state index is -0.201. The molecular weight excluding hydrogens is 343 g/mol. The molecular formula is C22H25FN2O2. The number of ether oxygens (including phenoxy) is 1. The Morgan fingerprint density at radius 2 is 1.89 bits per heavy atom. The third kappa shape index (κ3) is 3.89. The first-order valence-electron chi connectivity index (χ1n) is 9.56. The maximum Gasteiger partial charge on any atom is 0.254 e. The predicted molar refractivity (Wildman–Crippen MR) is 102 cm³/mol. The van der Waals surface area contributed by atoms with Crippen molar-refractivity contribution in [2.24, 2.45) is 0 Å². The van der Waals surface area contributed by atoms with Crippen molar-refractivity contribution in [2.75, 3.05) is 39.4 Å². The molecule has 0 radical (unpaired) electrons. The van der Waals surface area contributed by atoms with Gasteiger partial charge in [-0.05, 0) is 42.2 Å². The van der Waals surface area contributed by atoms with E-state index in [-0.39, 0.29) is 11.7 Å². The fourth-order valence-corrected chi connectivity index (χ4v) is 3.81. The summed E-state index contributed by atoms with van der Waals surface area (Å²) in [5, 5.41) is 0. The second kappa shape index (κ2) is 7.79. The summed E-state index contributed by atoms with van der Waals surface area (Å²) in [4.78, 5) is 17.3. The third-order valence-corrected chi connectivity index (χ3v) is 5.59. The van der Waals surface area contributed by atoms with Gasteiger partial charge in [0.1, 0.15) is 5.82 Å². The zero-order valence-electron chi connectivity index (χ0n) is 15.7. The molecule has 0 aliphatic carbocycles. The van der Waals surface area contributed by atoms with Gasteiger partial charge in [-0.3, -0.25) is 9.69 Å². The maximum absolute atomic E-state index is 13.9. The molecule has 2 aromatic carbocycles. The predicted octanol–water partition coefficient (Wildman–Crippen LogP) is 2.88. The Kier molecular flexibility index (Phi) is 5.23. The number of hydrogen-bond donors (Lipinski definition) is 0. The van der Waals surface area contributed by atoms with Crippen molar-refractivity contribution in [1.82, 2.24) is 9.80 Å². The van der Waals surface area contributed by atoms with Crippen molar-refractivity contribution < 1.29 is 13.9 Å². The molecule has 5 heteroatoms. The van der Waals surface area contributed by atoms with E-state index in [1.165, 1.54) is 0 Å². The number of amides is 1. The lowest BCUT2D eigenvalue weighted by Crippen LogP contribution is -2.62. The number of likely N-dealkylation sites (tertiary alicyclic amines) is 1. The van der Waals surface area contributed by atoms with E-state index in [9.17, 15) is 9.18 Å². The van der Waals surface area contributed by atoms with E-state index in [2.05, 4.69) is 4.90 Å². The maximum atomic E-state index is 13.9. The molecule has 2 fully saturated rings. The Morgan fingerprint density at radius 3 is 2.63 bits per heavy atom. The summed E-state index contributed by atoms with van der Waals surface area (Å²) in [5.41, 5.74) is 3.19. The van der Waals surface area contributed by atoms with Gasteiger partial charge >= 0.3 is 0 Å². The number of morpholine rings is 1. The molecule has 4 nitrogen and oxygen atoms in total. The molecule has 4 rings (SSSR count). The second-order valence-corrected chi connectivity index (χ2v) is 7.43. The van der Waals surface area contributed by atoms with Crippen LogP contribution < -0.4 is 0 Å². The van der Waals surface area contributed by atoms with Crippen molar-refractivity contribution in [3.8, 4) is 0 Å². The van der Waals surface area contributed by atoms with Crippen molar-refractivity contribution in [3.05, 3.63) is 70.5 Å². The fraction of sp³-hybridized carbons (Fsp3) is 0.409. The smallest absolute Gasteiger partial charge is 0.254 e. The highest BCUT2D eigenvalue weighted by atomic mass is 19.1. The van der Waals surface area contributed by atoms with E-state index in [0.29, 0.717) is 18.0 Å². The lowest BCUT2D eigenvalue weighted by Gasteiger charge is -2.46. The Balaban J connectivity index is 1.44. The van der Waals surface area contributed by atoms with Crippen molar-refractivity contribution >= 4 is 5.91 Å². The minimum Gasteiger partial charge on any atom is -0.379 e. The van der Waals surface area contributed by atoms with Crippen LogP contribution >= 0.6 is 0 Å². The van der Waals surface area contributed by atoms with Gasteiger partial charge in [-0.1, -0.05) is 30.3 Å². The minimum absolute atomic E-state index is 0.0719. The van der Waals surface area contributed by atoms with Crippen LogP contribution in [0.5, 0.6) is 0 Å². The molecule has 2 aromatic rings. The Morgan fingerprint density at radius 1 is 1.15 bits per heavy atom. The number of carbonyl (C=O) groups is 1. The number of nitrogens with zero attached hydrogens (tertiary/aromatic N) is 2. The summed E-state index contributed by atoms with van der Waals surface area (Å²) in [5.74, 6) is -0.130. The van der Waals surface area contributed by atoms with E-state index >= 15 is 0 Å². The van der Waals surface area contributed by atoms with Crippen LogP contribution in [0.4, 0.5) is 4.39 Å². The molecule has 0 unspecified atom stereocenters. The molecule has 0 saturated carbocycles. The van der Waals surface area contributed by atoms with E-state index in [4.69, 9.17) is 4.74 Å². The molecule has 2 aliphatic heterocycles. The molecule has 2 aliphatic rings. The van der Waals surface area contributed by atoms with Crippen LogP contribution in [0.1, 0.15) is 27.0 Å². The van der Waals surface area contributed by atoms with Gasteiger partial charge in [0.2, 0.25) is 0 Å². The summed E-state index contributed by atoms with van der Waals surface area (Å²) in [6, 6.07) is 13.4. The fourth-order valence-electron chi connectivity index (χ4n) is 3.81. The first-order valence-corrected chi connectivity index (χ1v) is 9.56. The van der Waals surface area contributed by atoms with Crippen molar-refractivity contribution in [1.29, 1.82) is 0 Å². The first-order chi connectivity index (χ1) is 13.1. The van der Waals surface area contributed by atoms with E-state index < -0.39 is 0 Å². The molecule has 0 atom stereocenters. The Hall–Kier alpha value is -2.24. The van der Waals surface area contributed by atoms with Gasteiger partial charge in [-0.25, -0.2) is 4.39 Å². The third-order valence-electron chi connectivity index (χ3n) is 5.59. The number of hydrogen-bond acceptors (Lipinski definition) is 3. The summed E-state index contributed by atoms with van der Waals surface area (Å²) < 4.78 is 19.3. The van der Waals surface area contributed by atoms with Crippen LogP contribution in [0.2, 0.25) is 0 Å². The van der Waals surface area contributed by atoms with Gasteiger partial charge in [-0.15, -0.1) is 0 Å². The average Bonchev–Trinajstić information content (AvgIpc) is 2.65. The number of benzene rings is 2. The molecule has 0 N–H and O–H groups in total. The van der Waals surface area contributed by atoms with Crippen molar-refractivity contribution in [3.63, 3.8) is 0 Å². The molecule has 0 bridgehead atoms. The van der Waals surface area contributed by atoms with E-state index in [0.717, 1.165) is 56.1 Å². The number of carbonyl (C=O) groups excluding carboxylic acids is 1. The number of aryl methyl sites for hydroxylation is 1. The summed E-state index contributed by atoms with van der Waals surface area (Å²) in [6.45, 7) is 6.75. The average molecular weight is 368 g/mol. The number of halogens is 1. The van der Waals surface area contributed by atoms with Crippen molar-refractivity contribution in [2.45, 2.75) is 19.4 Å². The Labute approximate surface area is 159 Å². The monoisotopic (exact) mass is 368 g/mol. The Bertz CT molecular complexity index is 827. The first kappa shape index (κ1) is 18.1. The SMILES string of the molecule is Cc1ccc(Cc2ccccc2C(=O)N2CC(N3CCOCC3)C2)cc1F. The second-order valence-electron chi connectivity index (χ2n) is 7.43. The van der Waals surface area contributed by atoms with Gasteiger partial charge in [0.05, 0.1) is 13.2 Å². The highest BCUT2D eigenvalue weighted by molar-refractivity contribution is 5.96. The van der Waals surface area contributed by atoms with Crippen LogP contribution in [0, 0.1) is 12.7 Å². The molecule has 0 spiro atoms. The standard InChI is InChI=1S/C22H25FN2O2/c1-16-6-7-17(13-21(16)23)12-18-4-2-3-5-20(18)22(26)25-14-19(15-25)24-8-10-27-11-9-24/h2-7,13,19H,8-12,14-15H2,1H3. The van der Waals surface area contributed by atoms with Crippen LogP contribution in [0.15, 0.2) is 42.5 Å². The molecule has 1 amide bonds. The summed E-state index contributed by atoms with van der Waals surface area (Å²) in [7, 11) is 0. The molecule has 2 heterocycles. The topological polar surface area (TPSA) is 32.8 Å². The van der Waals surface area contributed by atoms with Gasteiger partial charge in [-0.2, -0.15) is 0 Å². The van der Waals surface area contributed by atoms with Gasteiger partial charge in [0.25, 0.3) is 5.91 Å². The van der Waals surface area contributed by atoms with Crippen LogP contribution in [-0.4, -0.2) is 61.1 Å². The lowest BCUT2D eigenvalue weighted by molar-refractivity contribution is -0.0256. The highest BCUT2D eigenvalue weighted by Crippen LogP contribution is 2.23. The molecule has 142 valence electrons. The van der Waals surface area contributed by atoms with Crippen LogP contribution in [-0.2, 0) is 11.2 Å². The van der Waals surface area contributed by atoms with E-state index in [1.54, 1.807) is 19.1 Å². The van der Waals surface area contributed by atoms with E-state index in [1.807, 2.05) is 35.2 Å². The summed E-state index contributed by atoms with van der Waals surface area (Å²) >= 11 is 0. The lowest BCUT2D eigenvalue weighted by atomic mass is 9.96.